The average Bonchev–Trinajstić information content (AvgIpc) is 2.33. The van der Waals surface area contributed by atoms with Gasteiger partial charge in [-0.2, -0.15) is 0 Å². The summed E-state index contributed by atoms with van der Waals surface area (Å²) in [5.74, 6) is 0.801. The van der Waals surface area contributed by atoms with Crippen LogP contribution in [0.5, 0.6) is 0 Å². The molecule has 2 nitrogen and oxygen atoms in total. The van der Waals surface area contributed by atoms with Crippen LogP contribution in [-0.4, -0.2) is 24.3 Å². The molecule has 0 saturated heterocycles. The van der Waals surface area contributed by atoms with Crippen LogP contribution in [0, 0.1) is 16.7 Å². The Balaban J connectivity index is 2.49. The normalized spacial score (nSPS) is 25.6. The van der Waals surface area contributed by atoms with Gasteiger partial charge in [0.15, 0.2) is 0 Å². The molecular weight excluding hydrogens is 234 g/mol. The van der Waals surface area contributed by atoms with Gasteiger partial charge in [0.05, 0.1) is 0 Å². The average molecular weight is 269 g/mol. The van der Waals surface area contributed by atoms with E-state index in [1.165, 1.54) is 25.7 Å². The molecule has 114 valence electrons. The van der Waals surface area contributed by atoms with E-state index in [1.807, 2.05) is 0 Å². The first kappa shape index (κ1) is 17.0. The van der Waals surface area contributed by atoms with Crippen molar-refractivity contribution in [2.24, 2.45) is 16.7 Å². The summed E-state index contributed by atoms with van der Waals surface area (Å²) in [6, 6.07) is 0.683. The van der Waals surface area contributed by atoms with Gasteiger partial charge in [-0.15, -0.1) is 0 Å². The van der Waals surface area contributed by atoms with Crippen LogP contribution in [0.1, 0.15) is 73.1 Å². The summed E-state index contributed by atoms with van der Waals surface area (Å²) >= 11 is 0. The van der Waals surface area contributed by atoms with Crippen molar-refractivity contribution in [3.8, 4) is 0 Å². The van der Waals surface area contributed by atoms with Gasteiger partial charge in [-0.3, -0.25) is 0 Å². The molecule has 19 heavy (non-hydrogen) atoms. The second-order valence-corrected chi connectivity index (χ2v) is 8.24. The summed E-state index contributed by atoms with van der Waals surface area (Å²) in [7, 11) is 0. The van der Waals surface area contributed by atoms with Crippen LogP contribution >= 0.6 is 0 Å². The minimum atomic E-state index is 0.294. The van der Waals surface area contributed by atoms with Crippen LogP contribution in [0.2, 0.25) is 0 Å². The topological polar surface area (TPSA) is 32.3 Å². The van der Waals surface area contributed by atoms with Crippen molar-refractivity contribution in [1.82, 2.24) is 5.32 Å². The smallest absolute Gasteiger partial charge is 0.0431 e. The largest absolute Gasteiger partial charge is 0.396 e. The Labute approximate surface area is 120 Å². The van der Waals surface area contributed by atoms with Crippen LogP contribution in [-0.2, 0) is 0 Å². The zero-order chi connectivity index (χ0) is 14.5. The van der Waals surface area contributed by atoms with Gasteiger partial charge in [0.25, 0.3) is 0 Å². The Kier molecular flexibility index (Phi) is 6.32. The predicted molar refractivity (Wildman–Crippen MR) is 83.3 cm³/mol. The first-order chi connectivity index (χ1) is 8.76. The van der Waals surface area contributed by atoms with Crippen LogP contribution < -0.4 is 5.32 Å². The summed E-state index contributed by atoms with van der Waals surface area (Å²) in [4.78, 5) is 0. The molecule has 0 radical (unpaired) electrons. The molecule has 1 aliphatic rings. The Morgan fingerprint density at radius 2 is 1.68 bits per heavy atom. The molecule has 1 saturated carbocycles. The van der Waals surface area contributed by atoms with Gasteiger partial charge in [0, 0.05) is 19.2 Å². The van der Waals surface area contributed by atoms with Crippen molar-refractivity contribution in [3.05, 3.63) is 0 Å². The van der Waals surface area contributed by atoms with E-state index < -0.39 is 0 Å². The van der Waals surface area contributed by atoms with Gasteiger partial charge in [-0.05, 0) is 42.4 Å². The van der Waals surface area contributed by atoms with Crippen molar-refractivity contribution in [3.63, 3.8) is 0 Å². The Bertz CT molecular complexity index is 254. The van der Waals surface area contributed by atoms with Crippen molar-refractivity contribution in [1.29, 1.82) is 0 Å². The highest BCUT2D eigenvalue weighted by Gasteiger charge is 2.34. The maximum Gasteiger partial charge on any atom is 0.0431 e. The third kappa shape index (κ3) is 5.83. The molecule has 2 N–H and O–H groups in total. The van der Waals surface area contributed by atoms with Gasteiger partial charge >= 0.3 is 0 Å². The van der Waals surface area contributed by atoms with Crippen molar-refractivity contribution >= 4 is 0 Å². The lowest BCUT2D eigenvalue weighted by atomic mass is 9.69. The molecule has 0 aliphatic heterocycles. The highest BCUT2D eigenvalue weighted by atomic mass is 16.2. The van der Waals surface area contributed by atoms with Gasteiger partial charge < -0.3 is 10.4 Å². The Morgan fingerprint density at radius 1 is 1.05 bits per heavy atom. The summed E-state index contributed by atoms with van der Waals surface area (Å²) < 4.78 is 0. The molecule has 2 unspecified atom stereocenters. The van der Waals surface area contributed by atoms with E-state index in [0.717, 1.165) is 25.3 Å². The second-order valence-electron chi connectivity index (χ2n) is 8.24. The first-order valence-corrected chi connectivity index (χ1v) is 8.10. The molecular formula is C17H35NO. The maximum atomic E-state index is 8.97. The summed E-state index contributed by atoms with van der Waals surface area (Å²) in [5.41, 5.74) is 0.704. The summed E-state index contributed by atoms with van der Waals surface area (Å²) in [6.07, 6.45) is 7.50. The minimum Gasteiger partial charge on any atom is -0.396 e. The fourth-order valence-corrected chi connectivity index (χ4v) is 3.47. The van der Waals surface area contributed by atoms with Gasteiger partial charge in [0.2, 0.25) is 0 Å². The van der Waals surface area contributed by atoms with Crippen molar-refractivity contribution < 1.29 is 5.11 Å². The monoisotopic (exact) mass is 269 g/mol. The molecule has 1 rings (SSSR count). The third-order valence-electron chi connectivity index (χ3n) is 4.73. The molecule has 0 bridgehead atoms. The van der Waals surface area contributed by atoms with E-state index in [-0.39, 0.29) is 0 Å². The molecule has 0 heterocycles. The summed E-state index contributed by atoms with van der Waals surface area (Å²) in [5, 5.41) is 12.8. The van der Waals surface area contributed by atoms with Crippen molar-refractivity contribution in [2.75, 3.05) is 13.2 Å². The first-order valence-electron chi connectivity index (χ1n) is 8.10. The molecule has 1 fully saturated rings. The quantitative estimate of drug-likeness (QED) is 0.764. The van der Waals surface area contributed by atoms with Crippen LogP contribution in [0.4, 0.5) is 0 Å². The zero-order valence-corrected chi connectivity index (χ0v) is 13.8. The van der Waals surface area contributed by atoms with Crippen LogP contribution in [0.3, 0.4) is 0 Å². The highest BCUT2D eigenvalue weighted by Crippen LogP contribution is 2.38. The Hall–Kier alpha value is -0.0800. The lowest BCUT2D eigenvalue weighted by Gasteiger charge is -2.42. The Morgan fingerprint density at radius 3 is 2.26 bits per heavy atom. The number of aliphatic hydroxyl groups is 1. The van der Waals surface area contributed by atoms with E-state index in [0.29, 0.717) is 23.5 Å². The molecule has 2 heteroatoms. The lowest BCUT2D eigenvalue weighted by Crippen LogP contribution is -2.47. The molecule has 0 aromatic rings. The van der Waals surface area contributed by atoms with Gasteiger partial charge in [-0.25, -0.2) is 0 Å². The van der Waals surface area contributed by atoms with Gasteiger partial charge in [0.1, 0.15) is 0 Å². The maximum absolute atomic E-state index is 8.97. The number of hydrogen-bond donors (Lipinski definition) is 2. The van der Waals surface area contributed by atoms with E-state index in [1.54, 1.807) is 0 Å². The fraction of sp³-hybridized carbons (Fsp3) is 1.00. The number of aliphatic hydroxyl groups excluding tert-OH is 1. The number of nitrogens with one attached hydrogen (secondary N) is 1. The van der Waals surface area contributed by atoms with E-state index in [9.17, 15) is 0 Å². The van der Waals surface area contributed by atoms with E-state index in [2.05, 4.69) is 39.9 Å². The fourth-order valence-electron chi connectivity index (χ4n) is 3.47. The predicted octanol–water partition coefficient (Wildman–Crippen LogP) is 3.98. The standard InChI is InChI=1S/C17H35NO/c1-16(2,3)14-9-6-7-10-15(14)18-13-17(4,5)11-8-12-19/h14-15,18-19H,6-13H2,1-5H3. The van der Waals surface area contributed by atoms with E-state index >= 15 is 0 Å². The zero-order valence-electron chi connectivity index (χ0n) is 13.8. The number of hydrogen-bond acceptors (Lipinski definition) is 2. The molecule has 2 atom stereocenters. The van der Waals surface area contributed by atoms with Gasteiger partial charge in [-0.1, -0.05) is 47.5 Å². The lowest BCUT2D eigenvalue weighted by molar-refractivity contribution is 0.119. The molecule has 0 aromatic carbocycles. The third-order valence-corrected chi connectivity index (χ3v) is 4.73. The number of rotatable bonds is 6. The molecule has 0 amide bonds. The minimum absolute atomic E-state index is 0.294. The van der Waals surface area contributed by atoms with Crippen LogP contribution in [0.25, 0.3) is 0 Å². The molecule has 0 aromatic heterocycles. The van der Waals surface area contributed by atoms with E-state index in [4.69, 9.17) is 5.11 Å². The highest BCUT2D eigenvalue weighted by molar-refractivity contribution is 4.89. The summed E-state index contributed by atoms with van der Waals surface area (Å²) in [6.45, 7) is 13.2. The van der Waals surface area contributed by atoms with Crippen LogP contribution in [0.15, 0.2) is 0 Å². The molecule has 1 aliphatic carbocycles. The van der Waals surface area contributed by atoms with Crippen molar-refractivity contribution in [2.45, 2.75) is 79.2 Å². The molecule has 0 spiro atoms. The second kappa shape index (κ2) is 7.08. The SMILES string of the molecule is CC(C)(CCCO)CNC1CCCCC1C(C)(C)C.